The lowest BCUT2D eigenvalue weighted by atomic mass is 10.2. The van der Waals surface area contributed by atoms with Crippen LogP contribution in [0.3, 0.4) is 0 Å². The number of halogens is 2. The van der Waals surface area contributed by atoms with Gasteiger partial charge >= 0.3 is 0 Å². The standard InChI is InChI=1S/C10H10F2N2O2/c11-9(12)4-14-7-3-6(13)1-2-8(7)16-5-10(14)15/h1-3,9H,4-5,13H2. The van der Waals surface area contributed by atoms with Crippen molar-refractivity contribution in [3.8, 4) is 5.75 Å². The molecule has 0 bridgehead atoms. The van der Waals surface area contributed by atoms with Crippen LogP contribution >= 0.6 is 0 Å². The molecule has 2 rings (SSSR count). The second-order valence-corrected chi connectivity index (χ2v) is 3.41. The number of ether oxygens (including phenoxy) is 1. The molecule has 1 amide bonds. The number of alkyl halides is 2. The summed E-state index contributed by atoms with van der Waals surface area (Å²) in [6.45, 7) is -0.859. The van der Waals surface area contributed by atoms with Gasteiger partial charge in [0.1, 0.15) is 5.75 Å². The molecule has 6 heteroatoms. The highest BCUT2D eigenvalue weighted by Crippen LogP contribution is 2.33. The third-order valence-corrected chi connectivity index (χ3v) is 2.25. The molecule has 0 aromatic heterocycles. The van der Waals surface area contributed by atoms with E-state index in [-0.39, 0.29) is 6.61 Å². The summed E-state index contributed by atoms with van der Waals surface area (Å²) in [5.74, 6) is -0.0900. The van der Waals surface area contributed by atoms with Gasteiger partial charge in [0.15, 0.2) is 6.61 Å². The number of nitrogen functional groups attached to an aromatic ring is 1. The Hall–Kier alpha value is -1.85. The SMILES string of the molecule is Nc1ccc2c(c1)N(CC(F)F)C(=O)CO2. The van der Waals surface area contributed by atoms with E-state index in [0.717, 1.165) is 4.90 Å². The van der Waals surface area contributed by atoms with E-state index < -0.39 is 18.9 Å². The van der Waals surface area contributed by atoms with Gasteiger partial charge in [-0.1, -0.05) is 0 Å². The zero-order valence-corrected chi connectivity index (χ0v) is 8.32. The van der Waals surface area contributed by atoms with Gasteiger partial charge in [0.25, 0.3) is 12.3 Å². The minimum atomic E-state index is -2.59. The van der Waals surface area contributed by atoms with Crippen LogP contribution in [0.25, 0.3) is 0 Å². The van der Waals surface area contributed by atoms with E-state index >= 15 is 0 Å². The first-order valence-electron chi connectivity index (χ1n) is 4.69. The number of nitrogens with two attached hydrogens (primary N) is 1. The summed E-state index contributed by atoms with van der Waals surface area (Å²) in [6.07, 6.45) is -2.59. The quantitative estimate of drug-likeness (QED) is 0.775. The lowest BCUT2D eigenvalue weighted by molar-refractivity contribution is -0.121. The molecule has 1 aromatic rings. The first-order valence-corrected chi connectivity index (χ1v) is 4.69. The van der Waals surface area contributed by atoms with Crippen molar-refractivity contribution < 1.29 is 18.3 Å². The summed E-state index contributed by atoms with van der Waals surface area (Å²) in [6, 6.07) is 4.61. The smallest absolute Gasteiger partial charge is 0.265 e. The van der Waals surface area contributed by atoms with Gasteiger partial charge in [-0.2, -0.15) is 0 Å². The normalized spacial score (nSPS) is 14.9. The highest BCUT2D eigenvalue weighted by Gasteiger charge is 2.27. The summed E-state index contributed by atoms with van der Waals surface area (Å²) in [7, 11) is 0. The molecule has 1 aromatic carbocycles. The molecular formula is C10H10F2N2O2. The molecule has 0 atom stereocenters. The highest BCUT2D eigenvalue weighted by molar-refractivity contribution is 5.98. The van der Waals surface area contributed by atoms with Crippen molar-refractivity contribution in [2.24, 2.45) is 0 Å². The first kappa shape index (κ1) is 10.7. The largest absolute Gasteiger partial charge is 0.482 e. The van der Waals surface area contributed by atoms with Crippen LogP contribution in [-0.2, 0) is 4.79 Å². The van der Waals surface area contributed by atoms with Gasteiger partial charge in [-0.05, 0) is 18.2 Å². The van der Waals surface area contributed by atoms with Crippen molar-refractivity contribution in [2.45, 2.75) is 6.43 Å². The number of rotatable bonds is 2. The average molecular weight is 228 g/mol. The number of hydrogen-bond acceptors (Lipinski definition) is 3. The molecule has 2 N–H and O–H groups in total. The average Bonchev–Trinajstić information content (AvgIpc) is 2.22. The van der Waals surface area contributed by atoms with Crippen molar-refractivity contribution in [1.82, 2.24) is 0 Å². The highest BCUT2D eigenvalue weighted by atomic mass is 19.3. The molecular weight excluding hydrogens is 218 g/mol. The van der Waals surface area contributed by atoms with Crippen LogP contribution in [0.5, 0.6) is 5.75 Å². The van der Waals surface area contributed by atoms with Crippen LogP contribution in [0.4, 0.5) is 20.2 Å². The number of nitrogens with zero attached hydrogens (tertiary/aromatic N) is 1. The summed E-state index contributed by atoms with van der Waals surface area (Å²) < 4.78 is 29.8. The number of carbonyl (C=O) groups is 1. The lowest BCUT2D eigenvalue weighted by Gasteiger charge is -2.29. The second kappa shape index (κ2) is 3.96. The van der Waals surface area contributed by atoms with Crippen molar-refractivity contribution in [2.75, 3.05) is 23.8 Å². The fourth-order valence-electron chi connectivity index (χ4n) is 1.56. The van der Waals surface area contributed by atoms with E-state index in [9.17, 15) is 13.6 Å². The number of carbonyl (C=O) groups excluding carboxylic acids is 1. The number of anilines is 2. The van der Waals surface area contributed by atoms with E-state index in [1.807, 2.05) is 0 Å². The molecule has 1 heterocycles. The van der Waals surface area contributed by atoms with E-state index in [2.05, 4.69) is 0 Å². The number of hydrogen-bond donors (Lipinski definition) is 1. The zero-order valence-electron chi connectivity index (χ0n) is 8.32. The second-order valence-electron chi connectivity index (χ2n) is 3.41. The Kier molecular flexibility index (Phi) is 2.64. The van der Waals surface area contributed by atoms with E-state index in [4.69, 9.17) is 10.5 Å². The van der Waals surface area contributed by atoms with Crippen molar-refractivity contribution in [3.05, 3.63) is 18.2 Å². The molecule has 86 valence electrons. The fourth-order valence-corrected chi connectivity index (χ4v) is 1.56. The zero-order chi connectivity index (χ0) is 11.7. The molecule has 0 spiro atoms. The molecule has 0 unspecified atom stereocenters. The monoisotopic (exact) mass is 228 g/mol. The Morgan fingerprint density at radius 1 is 1.50 bits per heavy atom. The molecule has 0 radical (unpaired) electrons. The summed E-state index contributed by atoms with van der Waals surface area (Å²) in [5, 5.41) is 0. The first-order chi connectivity index (χ1) is 7.58. The number of fused-ring (bicyclic) bond motifs is 1. The summed E-state index contributed by atoms with van der Waals surface area (Å²) in [5.41, 5.74) is 6.24. The van der Waals surface area contributed by atoms with Crippen molar-refractivity contribution in [3.63, 3.8) is 0 Å². The Bertz CT molecular complexity index is 423. The van der Waals surface area contributed by atoms with Crippen LogP contribution in [0.1, 0.15) is 0 Å². The van der Waals surface area contributed by atoms with Crippen LogP contribution < -0.4 is 15.4 Å². The molecule has 0 saturated carbocycles. The maximum absolute atomic E-state index is 12.3. The maximum Gasteiger partial charge on any atom is 0.265 e. The number of amides is 1. The fraction of sp³-hybridized carbons (Fsp3) is 0.300. The van der Waals surface area contributed by atoms with Crippen molar-refractivity contribution in [1.29, 1.82) is 0 Å². The van der Waals surface area contributed by atoms with Gasteiger partial charge in [0.05, 0.1) is 12.2 Å². The Morgan fingerprint density at radius 2 is 2.25 bits per heavy atom. The Labute approximate surface area is 90.6 Å². The van der Waals surface area contributed by atoms with Gasteiger partial charge in [-0.25, -0.2) is 8.78 Å². The van der Waals surface area contributed by atoms with Gasteiger partial charge in [0, 0.05) is 5.69 Å². The van der Waals surface area contributed by atoms with Crippen LogP contribution in [0.2, 0.25) is 0 Å². The minimum absolute atomic E-state index is 0.219. The van der Waals surface area contributed by atoms with Gasteiger partial charge < -0.3 is 15.4 Å². The molecule has 0 fully saturated rings. The predicted octanol–water partition coefficient (Wildman–Crippen LogP) is 1.26. The van der Waals surface area contributed by atoms with Gasteiger partial charge in [-0.3, -0.25) is 4.79 Å². The molecule has 4 nitrogen and oxygen atoms in total. The molecule has 16 heavy (non-hydrogen) atoms. The van der Waals surface area contributed by atoms with E-state index in [1.54, 1.807) is 12.1 Å². The Balaban J connectivity index is 2.38. The molecule has 0 saturated heterocycles. The molecule has 1 aliphatic rings. The molecule has 0 aliphatic carbocycles. The lowest BCUT2D eigenvalue weighted by Crippen LogP contribution is -2.41. The van der Waals surface area contributed by atoms with Gasteiger partial charge in [0.2, 0.25) is 0 Å². The molecule has 1 aliphatic heterocycles. The van der Waals surface area contributed by atoms with E-state index in [0.29, 0.717) is 17.1 Å². The maximum atomic E-state index is 12.3. The predicted molar refractivity (Wildman–Crippen MR) is 54.7 cm³/mol. The van der Waals surface area contributed by atoms with Crippen LogP contribution in [-0.4, -0.2) is 25.5 Å². The van der Waals surface area contributed by atoms with Crippen LogP contribution in [0.15, 0.2) is 18.2 Å². The Morgan fingerprint density at radius 3 is 2.94 bits per heavy atom. The summed E-state index contributed by atoms with van der Waals surface area (Å²) >= 11 is 0. The number of benzene rings is 1. The van der Waals surface area contributed by atoms with Gasteiger partial charge in [-0.15, -0.1) is 0 Å². The topological polar surface area (TPSA) is 55.6 Å². The summed E-state index contributed by atoms with van der Waals surface area (Å²) in [4.78, 5) is 12.4. The minimum Gasteiger partial charge on any atom is -0.482 e. The van der Waals surface area contributed by atoms with Crippen LogP contribution in [0, 0.1) is 0 Å². The van der Waals surface area contributed by atoms with E-state index in [1.165, 1.54) is 6.07 Å². The van der Waals surface area contributed by atoms with Crippen molar-refractivity contribution >= 4 is 17.3 Å². The third-order valence-electron chi connectivity index (χ3n) is 2.25. The third kappa shape index (κ3) is 1.91.